The van der Waals surface area contributed by atoms with Gasteiger partial charge in [0.1, 0.15) is 0 Å². The summed E-state index contributed by atoms with van der Waals surface area (Å²) in [7, 11) is 1.81. The molecule has 0 aliphatic rings. The predicted molar refractivity (Wildman–Crippen MR) is 97.2 cm³/mol. The van der Waals surface area contributed by atoms with E-state index in [4.69, 9.17) is 4.42 Å². The number of furan rings is 1. The highest BCUT2D eigenvalue weighted by Crippen LogP contribution is 2.18. The van der Waals surface area contributed by atoms with E-state index in [9.17, 15) is 4.79 Å². The maximum absolute atomic E-state index is 12.0. The van der Waals surface area contributed by atoms with Gasteiger partial charge in [-0.2, -0.15) is 5.10 Å². The van der Waals surface area contributed by atoms with E-state index in [-0.39, 0.29) is 5.91 Å². The van der Waals surface area contributed by atoms with Crippen molar-refractivity contribution < 1.29 is 9.21 Å². The molecular weight excluding hydrogens is 314 g/mol. The molecule has 0 atom stereocenters. The lowest BCUT2D eigenvalue weighted by molar-refractivity contribution is 0.0761. The molecular formula is C20H23N3O2. The fourth-order valence-corrected chi connectivity index (χ4v) is 2.78. The van der Waals surface area contributed by atoms with Gasteiger partial charge in [0.2, 0.25) is 0 Å². The zero-order chi connectivity index (χ0) is 17.5. The quantitative estimate of drug-likeness (QED) is 0.628. The van der Waals surface area contributed by atoms with Crippen LogP contribution in [0.15, 0.2) is 59.2 Å². The average molecular weight is 337 g/mol. The molecule has 1 aromatic carbocycles. The Kier molecular flexibility index (Phi) is 5.67. The second kappa shape index (κ2) is 8.33. The third-order valence-corrected chi connectivity index (χ3v) is 4.22. The maximum atomic E-state index is 12.0. The van der Waals surface area contributed by atoms with Crippen molar-refractivity contribution in [2.24, 2.45) is 0 Å². The largest absolute Gasteiger partial charge is 0.459 e. The summed E-state index contributed by atoms with van der Waals surface area (Å²) in [5.41, 5.74) is 3.27. The van der Waals surface area contributed by atoms with Crippen molar-refractivity contribution in [3.8, 4) is 11.3 Å². The lowest BCUT2D eigenvalue weighted by Gasteiger charge is -2.15. The van der Waals surface area contributed by atoms with Gasteiger partial charge in [-0.1, -0.05) is 36.8 Å². The topological polar surface area (TPSA) is 62.1 Å². The standard InChI is InChI=1S/C20H23N3O2/c1-23(20(24)19-12-8-14-25-19)13-7-3-6-11-17-15-18(22-21-17)16-9-4-2-5-10-16/h2,4-5,8-10,12,14-15H,3,6-7,11,13H2,1H3,(H,21,22). The molecule has 0 spiro atoms. The molecule has 0 aliphatic carbocycles. The first-order chi connectivity index (χ1) is 12.2. The Hall–Kier alpha value is -2.82. The van der Waals surface area contributed by atoms with E-state index in [1.807, 2.05) is 25.2 Å². The van der Waals surface area contributed by atoms with Crippen molar-refractivity contribution in [1.29, 1.82) is 0 Å². The van der Waals surface area contributed by atoms with Gasteiger partial charge >= 0.3 is 0 Å². The van der Waals surface area contributed by atoms with Gasteiger partial charge in [-0.05, 0) is 37.5 Å². The highest BCUT2D eigenvalue weighted by atomic mass is 16.3. The number of hydrogen-bond acceptors (Lipinski definition) is 3. The van der Waals surface area contributed by atoms with Crippen molar-refractivity contribution in [2.45, 2.75) is 25.7 Å². The number of aromatic nitrogens is 2. The lowest BCUT2D eigenvalue weighted by Crippen LogP contribution is -2.27. The zero-order valence-electron chi connectivity index (χ0n) is 14.4. The number of unbranched alkanes of at least 4 members (excludes halogenated alkanes) is 2. The van der Waals surface area contributed by atoms with Crippen LogP contribution in [0.1, 0.15) is 35.5 Å². The van der Waals surface area contributed by atoms with Crippen LogP contribution in [-0.2, 0) is 6.42 Å². The Balaban J connectivity index is 1.38. The Morgan fingerprint density at radius 1 is 1.12 bits per heavy atom. The van der Waals surface area contributed by atoms with Crippen LogP contribution in [0.4, 0.5) is 0 Å². The summed E-state index contributed by atoms with van der Waals surface area (Å²) in [6.07, 6.45) is 5.60. The Bertz CT molecular complexity index is 778. The molecule has 0 saturated heterocycles. The van der Waals surface area contributed by atoms with Crippen LogP contribution in [0.25, 0.3) is 11.3 Å². The maximum Gasteiger partial charge on any atom is 0.289 e. The summed E-state index contributed by atoms with van der Waals surface area (Å²) in [5, 5.41) is 7.49. The monoisotopic (exact) mass is 337 g/mol. The van der Waals surface area contributed by atoms with Gasteiger partial charge in [-0.25, -0.2) is 0 Å². The van der Waals surface area contributed by atoms with E-state index in [1.54, 1.807) is 17.0 Å². The van der Waals surface area contributed by atoms with Crippen molar-refractivity contribution >= 4 is 5.91 Å². The number of amides is 1. The third-order valence-electron chi connectivity index (χ3n) is 4.22. The number of H-pyrrole nitrogens is 1. The molecule has 130 valence electrons. The van der Waals surface area contributed by atoms with E-state index in [0.29, 0.717) is 5.76 Å². The van der Waals surface area contributed by atoms with Crippen LogP contribution in [0, 0.1) is 0 Å². The summed E-state index contributed by atoms with van der Waals surface area (Å²) < 4.78 is 5.14. The number of aromatic amines is 1. The fraction of sp³-hybridized carbons (Fsp3) is 0.300. The number of nitrogens with zero attached hydrogens (tertiary/aromatic N) is 2. The van der Waals surface area contributed by atoms with E-state index < -0.39 is 0 Å². The molecule has 2 heterocycles. The summed E-state index contributed by atoms with van der Waals surface area (Å²) in [5.74, 6) is 0.333. The molecule has 25 heavy (non-hydrogen) atoms. The molecule has 1 N–H and O–H groups in total. The first-order valence-corrected chi connectivity index (χ1v) is 8.63. The Labute approximate surface area is 147 Å². The number of carbonyl (C=O) groups excluding carboxylic acids is 1. The average Bonchev–Trinajstić information content (AvgIpc) is 3.33. The summed E-state index contributed by atoms with van der Waals surface area (Å²) >= 11 is 0. The van der Waals surface area contributed by atoms with Crippen molar-refractivity contribution in [3.05, 3.63) is 66.2 Å². The molecule has 0 unspecified atom stereocenters. The minimum Gasteiger partial charge on any atom is -0.459 e. The number of carbonyl (C=O) groups is 1. The predicted octanol–water partition coefficient (Wildman–Crippen LogP) is 4.15. The second-order valence-corrected chi connectivity index (χ2v) is 6.16. The van der Waals surface area contributed by atoms with Crippen molar-refractivity contribution in [1.82, 2.24) is 15.1 Å². The highest BCUT2D eigenvalue weighted by molar-refractivity contribution is 5.91. The first-order valence-electron chi connectivity index (χ1n) is 8.63. The Morgan fingerprint density at radius 2 is 1.96 bits per heavy atom. The number of benzene rings is 1. The lowest BCUT2D eigenvalue weighted by atomic mass is 10.1. The smallest absolute Gasteiger partial charge is 0.289 e. The van der Waals surface area contributed by atoms with Crippen LogP contribution in [0.2, 0.25) is 0 Å². The van der Waals surface area contributed by atoms with Gasteiger partial charge in [-0.3, -0.25) is 9.89 Å². The number of hydrogen-bond donors (Lipinski definition) is 1. The number of nitrogens with one attached hydrogen (secondary N) is 1. The minimum atomic E-state index is -0.0638. The van der Waals surface area contributed by atoms with Gasteiger partial charge in [0.25, 0.3) is 5.91 Å². The van der Waals surface area contributed by atoms with Crippen molar-refractivity contribution in [3.63, 3.8) is 0 Å². The minimum absolute atomic E-state index is 0.0638. The molecule has 0 aliphatic heterocycles. The van der Waals surface area contributed by atoms with Crippen LogP contribution < -0.4 is 0 Å². The van der Waals surface area contributed by atoms with Gasteiger partial charge in [0, 0.05) is 24.8 Å². The van der Waals surface area contributed by atoms with E-state index in [2.05, 4.69) is 28.4 Å². The summed E-state index contributed by atoms with van der Waals surface area (Å²) in [6, 6.07) is 15.7. The molecule has 0 radical (unpaired) electrons. The van der Waals surface area contributed by atoms with Crippen LogP contribution in [-0.4, -0.2) is 34.6 Å². The van der Waals surface area contributed by atoms with Gasteiger partial charge in [-0.15, -0.1) is 0 Å². The van der Waals surface area contributed by atoms with Gasteiger partial charge < -0.3 is 9.32 Å². The SMILES string of the molecule is CN(CCCCCc1cc(-c2ccccc2)n[nH]1)C(=O)c1ccco1. The van der Waals surface area contributed by atoms with E-state index in [0.717, 1.165) is 49.2 Å². The van der Waals surface area contributed by atoms with Crippen molar-refractivity contribution in [2.75, 3.05) is 13.6 Å². The van der Waals surface area contributed by atoms with E-state index >= 15 is 0 Å². The fourth-order valence-electron chi connectivity index (χ4n) is 2.78. The van der Waals surface area contributed by atoms with Crippen LogP contribution in [0.3, 0.4) is 0 Å². The molecule has 0 saturated carbocycles. The first kappa shape index (κ1) is 17.0. The second-order valence-electron chi connectivity index (χ2n) is 6.16. The molecule has 3 aromatic rings. The van der Waals surface area contributed by atoms with E-state index in [1.165, 1.54) is 6.26 Å². The molecule has 5 nitrogen and oxygen atoms in total. The number of rotatable bonds is 8. The van der Waals surface area contributed by atoms with Gasteiger partial charge in [0.15, 0.2) is 5.76 Å². The van der Waals surface area contributed by atoms with Crippen LogP contribution in [0.5, 0.6) is 0 Å². The normalized spacial score (nSPS) is 10.8. The molecule has 1 amide bonds. The molecule has 3 rings (SSSR count). The molecule has 0 fully saturated rings. The third kappa shape index (κ3) is 4.59. The molecule has 2 aromatic heterocycles. The summed E-state index contributed by atoms with van der Waals surface area (Å²) in [6.45, 7) is 0.734. The highest BCUT2D eigenvalue weighted by Gasteiger charge is 2.13. The zero-order valence-corrected chi connectivity index (χ0v) is 14.4. The summed E-state index contributed by atoms with van der Waals surface area (Å²) in [4.78, 5) is 13.8. The molecule has 0 bridgehead atoms. The number of aryl methyl sites for hydroxylation is 1. The van der Waals surface area contributed by atoms with Crippen LogP contribution >= 0.6 is 0 Å². The van der Waals surface area contributed by atoms with Gasteiger partial charge in [0.05, 0.1) is 12.0 Å². The molecule has 5 heteroatoms. The Morgan fingerprint density at radius 3 is 2.72 bits per heavy atom.